The minimum absolute atomic E-state index is 0. The quantitative estimate of drug-likeness (QED) is 0.237. The summed E-state index contributed by atoms with van der Waals surface area (Å²) >= 11 is 3.65. The number of hydrogen-bond donors (Lipinski definition) is 7. The summed E-state index contributed by atoms with van der Waals surface area (Å²) in [7, 11) is -4.67. The van der Waals surface area contributed by atoms with Crippen molar-refractivity contribution in [2.45, 2.75) is 6.04 Å². The smallest absolute Gasteiger partial charge is 0.394 e. The molecule has 0 spiro atoms. The van der Waals surface area contributed by atoms with Crippen LogP contribution in [0.4, 0.5) is 0 Å². The van der Waals surface area contributed by atoms with Crippen LogP contribution in [0, 0.1) is 0 Å². The number of aliphatic carboxylic acids is 1. The lowest BCUT2D eigenvalue weighted by Gasteiger charge is -1.96. The van der Waals surface area contributed by atoms with Crippen LogP contribution in [0.1, 0.15) is 0 Å². The highest BCUT2D eigenvalue weighted by molar-refractivity contribution is 7.80. The molecule has 1 atom stereocenters. The number of carboxylic acid groups (broad SMARTS) is 1. The van der Waals surface area contributed by atoms with Crippen molar-refractivity contribution in [3.8, 4) is 0 Å². The molecule has 90 valence electrons. The van der Waals surface area contributed by atoms with Gasteiger partial charge in [0, 0.05) is 5.75 Å². The minimum Gasteiger partial charge on any atom is -0.480 e. The Morgan fingerprint density at radius 1 is 1.36 bits per heavy atom. The van der Waals surface area contributed by atoms with Gasteiger partial charge < -0.3 is 23.1 Å². The summed E-state index contributed by atoms with van der Waals surface area (Å²) in [6.45, 7) is 0. The summed E-state index contributed by atoms with van der Waals surface area (Å²) in [4.78, 5) is 9.76. The van der Waals surface area contributed by atoms with Crippen molar-refractivity contribution < 1.29 is 27.4 Å². The summed E-state index contributed by atoms with van der Waals surface area (Å²) in [5.41, 5.74) is 4.94. The van der Waals surface area contributed by atoms with E-state index in [9.17, 15) is 4.79 Å². The van der Waals surface area contributed by atoms with Crippen LogP contribution in [-0.4, -0.2) is 40.4 Å². The summed E-state index contributed by atoms with van der Waals surface area (Å²) in [5, 5.41) is 8.01. The molecule has 0 aliphatic carbocycles. The Hall–Kier alpha value is -0.430. The Bertz CT molecular complexity index is 220. The lowest BCUT2D eigenvalue weighted by Crippen LogP contribution is -2.31. The maximum atomic E-state index is 9.76. The third-order valence-electron chi connectivity index (χ3n) is 0.514. The molecule has 0 amide bonds. The van der Waals surface area contributed by atoms with Crippen LogP contribution in [0.5, 0.6) is 0 Å². The lowest BCUT2D eigenvalue weighted by atomic mass is 10.4. The SMILES string of the molecule is N.N.N[C@@H](CS)C(=O)O.O=S(=O)(O)O. The second-order valence-corrected chi connectivity index (χ2v) is 2.84. The highest BCUT2D eigenvalue weighted by Gasteiger charge is 2.06. The van der Waals surface area contributed by atoms with Gasteiger partial charge in [0.2, 0.25) is 0 Å². The van der Waals surface area contributed by atoms with Crippen molar-refractivity contribution in [2.24, 2.45) is 5.73 Å². The molecule has 0 fully saturated rings. The Labute approximate surface area is 86.8 Å². The molecule has 0 saturated heterocycles. The van der Waals surface area contributed by atoms with Crippen LogP contribution in [0.3, 0.4) is 0 Å². The van der Waals surface area contributed by atoms with E-state index in [0.717, 1.165) is 0 Å². The monoisotopic (exact) mass is 253 g/mol. The van der Waals surface area contributed by atoms with Crippen LogP contribution < -0.4 is 18.0 Å². The van der Waals surface area contributed by atoms with E-state index in [1.54, 1.807) is 0 Å². The molecule has 14 heavy (non-hydrogen) atoms. The largest absolute Gasteiger partial charge is 0.480 e. The third kappa shape index (κ3) is 41.7. The molecule has 11 heteroatoms. The van der Waals surface area contributed by atoms with E-state index >= 15 is 0 Å². The van der Waals surface area contributed by atoms with Crippen molar-refractivity contribution in [1.29, 1.82) is 0 Å². The molecule has 9 nitrogen and oxygen atoms in total. The fourth-order valence-electron chi connectivity index (χ4n) is 0.0781. The molecule has 11 N–H and O–H groups in total. The Morgan fingerprint density at radius 2 is 1.57 bits per heavy atom. The van der Waals surface area contributed by atoms with E-state index < -0.39 is 22.4 Å². The van der Waals surface area contributed by atoms with E-state index in [2.05, 4.69) is 12.6 Å². The van der Waals surface area contributed by atoms with Crippen LogP contribution in [0.2, 0.25) is 0 Å². The molecule has 0 heterocycles. The zero-order valence-corrected chi connectivity index (χ0v) is 8.91. The van der Waals surface area contributed by atoms with E-state index in [0.29, 0.717) is 0 Å². The second kappa shape index (κ2) is 10.6. The van der Waals surface area contributed by atoms with Crippen LogP contribution in [0.15, 0.2) is 0 Å². The van der Waals surface area contributed by atoms with Crippen molar-refractivity contribution in [3.63, 3.8) is 0 Å². The van der Waals surface area contributed by atoms with Gasteiger partial charge in [0.1, 0.15) is 6.04 Å². The van der Waals surface area contributed by atoms with Gasteiger partial charge in [-0.05, 0) is 0 Å². The summed E-state index contributed by atoms with van der Waals surface area (Å²) in [5.74, 6) is -0.815. The zero-order chi connectivity index (χ0) is 10.4. The Balaban J connectivity index is -0.0000000651. The predicted molar refractivity (Wildman–Crippen MR) is 53.7 cm³/mol. The van der Waals surface area contributed by atoms with E-state index in [1.807, 2.05) is 0 Å². The van der Waals surface area contributed by atoms with Crippen molar-refractivity contribution >= 4 is 29.0 Å². The van der Waals surface area contributed by atoms with Crippen LogP contribution in [0.25, 0.3) is 0 Å². The highest BCUT2D eigenvalue weighted by Crippen LogP contribution is 1.80. The molecular formula is C3H15N3O6S2. The Kier molecular flexibility index (Phi) is 17.8. The van der Waals surface area contributed by atoms with Crippen LogP contribution >= 0.6 is 12.6 Å². The Morgan fingerprint density at radius 3 is 1.57 bits per heavy atom. The van der Waals surface area contributed by atoms with Crippen molar-refractivity contribution in [3.05, 3.63) is 0 Å². The molecular weight excluding hydrogens is 238 g/mol. The van der Waals surface area contributed by atoms with Gasteiger partial charge in [0.05, 0.1) is 0 Å². The first kappa shape index (κ1) is 23.4. The normalized spacial score (nSPS) is 10.9. The molecule has 0 aromatic rings. The van der Waals surface area contributed by atoms with Gasteiger partial charge in [0.15, 0.2) is 0 Å². The van der Waals surface area contributed by atoms with Gasteiger partial charge in [-0.25, -0.2) is 0 Å². The van der Waals surface area contributed by atoms with Gasteiger partial charge in [-0.1, -0.05) is 0 Å². The van der Waals surface area contributed by atoms with E-state index in [4.69, 9.17) is 28.4 Å². The second-order valence-electron chi connectivity index (χ2n) is 1.58. The summed E-state index contributed by atoms with van der Waals surface area (Å²) in [6, 6.07) is -0.816. The highest BCUT2D eigenvalue weighted by atomic mass is 32.3. The van der Waals surface area contributed by atoms with Crippen LogP contribution in [-0.2, 0) is 15.2 Å². The first-order valence-electron chi connectivity index (χ1n) is 2.47. The van der Waals surface area contributed by atoms with Crippen molar-refractivity contribution in [1.82, 2.24) is 12.3 Å². The molecule has 0 rings (SSSR count). The van der Waals surface area contributed by atoms with Gasteiger partial charge >= 0.3 is 16.4 Å². The number of hydrogen-bond acceptors (Lipinski definition) is 7. The first-order chi connectivity index (χ1) is 5.18. The number of carbonyl (C=O) groups is 1. The fourth-order valence-corrected chi connectivity index (χ4v) is 0.234. The number of nitrogens with two attached hydrogens (primary N) is 1. The zero-order valence-electron chi connectivity index (χ0n) is 7.20. The average molecular weight is 253 g/mol. The predicted octanol–water partition coefficient (Wildman–Crippen LogP) is -1.00. The standard InChI is InChI=1S/C3H7NO2S.2H3N.H2O4S/c4-2(1-7)3(5)6;;;1-5(2,3)4/h2,7H,1,4H2,(H,5,6);2*1H3;(H2,1,2,3,4)/t2-;;;/m0.../s1. The molecule has 0 aromatic heterocycles. The molecule has 0 aliphatic heterocycles. The van der Waals surface area contributed by atoms with Gasteiger partial charge in [-0.15, -0.1) is 0 Å². The molecule has 0 aromatic carbocycles. The van der Waals surface area contributed by atoms with Gasteiger partial charge in [-0.3, -0.25) is 13.9 Å². The summed E-state index contributed by atoms with van der Waals surface area (Å²) in [6.07, 6.45) is 0. The molecule has 0 radical (unpaired) electrons. The number of carboxylic acids is 1. The molecule has 0 saturated carbocycles. The average Bonchev–Trinajstić information content (AvgIpc) is 1.82. The molecule has 0 bridgehead atoms. The number of thiol groups is 1. The van der Waals surface area contributed by atoms with E-state index in [1.165, 1.54) is 0 Å². The number of rotatable bonds is 2. The molecule has 0 unspecified atom stereocenters. The summed E-state index contributed by atoms with van der Waals surface area (Å²) < 4.78 is 31.6. The van der Waals surface area contributed by atoms with Crippen molar-refractivity contribution in [2.75, 3.05) is 5.75 Å². The maximum absolute atomic E-state index is 9.76. The first-order valence-corrected chi connectivity index (χ1v) is 4.50. The van der Waals surface area contributed by atoms with E-state index in [-0.39, 0.29) is 18.1 Å². The lowest BCUT2D eigenvalue weighted by molar-refractivity contribution is -0.137. The van der Waals surface area contributed by atoms with Gasteiger partial charge in [-0.2, -0.15) is 21.0 Å². The molecule has 0 aliphatic rings. The maximum Gasteiger partial charge on any atom is 0.394 e. The topological polar surface area (TPSA) is 208 Å². The van der Waals surface area contributed by atoms with Gasteiger partial charge in [0.25, 0.3) is 0 Å². The minimum atomic E-state index is -4.67. The third-order valence-corrected chi connectivity index (χ3v) is 0.907. The fraction of sp³-hybridized carbons (Fsp3) is 0.667.